The number of methoxy groups -OCH3 is 2. The molecule has 4 fully saturated rings. The zero-order valence-electron chi connectivity index (χ0n) is 30.0. The van der Waals surface area contributed by atoms with Crippen LogP contribution in [0.5, 0.6) is 0 Å². The van der Waals surface area contributed by atoms with E-state index in [9.17, 15) is 50.4 Å². The minimum atomic E-state index is -1.75. The summed E-state index contributed by atoms with van der Waals surface area (Å²) in [5, 5.41) is 83.6. The lowest BCUT2D eigenvalue weighted by molar-refractivity contribution is -0.359. The van der Waals surface area contributed by atoms with Crippen molar-refractivity contribution in [1.29, 1.82) is 0 Å². The van der Waals surface area contributed by atoms with Crippen molar-refractivity contribution in [3.63, 3.8) is 0 Å². The smallest absolute Gasteiger partial charge is 0.337 e. The maximum absolute atomic E-state index is 12.8. The van der Waals surface area contributed by atoms with E-state index in [1.165, 1.54) is 20.5 Å². The highest BCUT2D eigenvalue weighted by Gasteiger charge is 2.55. The van der Waals surface area contributed by atoms with Crippen molar-refractivity contribution in [1.82, 2.24) is 0 Å². The summed E-state index contributed by atoms with van der Waals surface area (Å²) in [6, 6.07) is 0. The molecule has 6 rings (SSSR count). The van der Waals surface area contributed by atoms with Crippen molar-refractivity contribution < 1.29 is 97.8 Å². The van der Waals surface area contributed by atoms with Crippen molar-refractivity contribution >= 4 is 11.9 Å². The maximum Gasteiger partial charge on any atom is 0.337 e. The monoisotopic (exact) mass is 778 g/mol. The number of hydrogen-bond acceptors (Lipinski definition) is 20. The predicted octanol–water partition coefficient (Wildman–Crippen LogP) is -3.53. The van der Waals surface area contributed by atoms with Crippen LogP contribution in [0.15, 0.2) is 23.7 Å². The van der Waals surface area contributed by atoms with E-state index in [4.69, 9.17) is 47.4 Å². The second kappa shape index (κ2) is 16.9. The van der Waals surface area contributed by atoms with Gasteiger partial charge in [0.1, 0.15) is 48.8 Å². The molecule has 306 valence electrons. The second-order valence-corrected chi connectivity index (χ2v) is 14.5. The fourth-order valence-electron chi connectivity index (χ4n) is 8.29. The molecule has 54 heavy (non-hydrogen) atoms. The minimum absolute atomic E-state index is 0.00975. The fraction of sp³-hybridized carbons (Fsp3) is 0.824. The SMILES string of the molecule is COC(=O)C1=COC(OC2OC(CO)C(O)C(O)C2O)C2C(C)OC(OCC3OC(OC4OC=C(C(=O)OC)C5CC(O)C(C)C45)C(O)C(O)C3O)CC12. The number of ether oxygens (including phenoxy) is 10. The van der Waals surface area contributed by atoms with Crippen LogP contribution in [0.2, 0.25) is 0 Å². The third-order valence-electron chi connectivity index (χ3n) is 11.4. The molecule has 0 aromatic rings. The maximum atomic E-state index is 12.8. The highest BCUT2D eigenvalue weighted by molar-refractivity contribution is 5.89. The number of carbonyl (C=O) groups excluding carboxylic acids is 2. The predicted molar refractivity (Wildman–Crippen MR) is 171 cm³/mol. The molecule has 6 aliphatic rings. The number of aliphatic hydroxyl groups is 8. The first-order chi connectivity index (χ1) is 25.7. The molecular formula is C34H50O20. The van der Waals surface area contributed by atoms with Crippen LogP contribution in [0.3, 0.4) is 0 Å². The molecule has 0 amide bonds. The Bertz CT molecular complexity index is 1390. The lowest BCUT2D eigenvalue weighted by Crippen LogP contribution is -2.61. The topological polar surface area (TPSA) is 288 Å². The normalized spacial score (nSPS) is 47.6. The van der Waals surface area contributed by atoms with Crippen LogP contribution in [0.25, 0.3) is 0 Å². The average Bonchev–Trinajstić information content (AvgIpc) is 3.47. The van der Waals surface area contributed by atoms with E-state index in [0.29, 0.717) is 0 Å². The standard InChI is InChI=1S/C34H50O20/c1-11-17(36)5-13-15(29(43)45-3)8-48-31(21(11)13)53-34-28(42)26(40)24(38)19(52-34)10-47-20-6-14-16(30(44)46-4)9-49-32(22(14)12(2)50-20)54-33-27(41)25(39)23(37)18(7-35)51-33/h8-9,11-14,17-28,31-42H,5-7,10H2,1-4H3. The molecule has 0 radical (unpaired) electrons. The van der Waals surface area contributed by atoms with Crippen LogP contribution >= 0.6 is 0 Å². The molecule has 20 atom stereocenters. The van der Waals surface area contributed by atoms with Crippen LogP contribution < -0.4 is 0 Å². The number of rotatable bonds is 10. The quantitative estimate of drug-likeness (QED) is 0.0997. The van der Waals surface area contributed by atoms with Gasteiger partial charge >= 0.3 is 11.9 Å². The molecule has 5 heterocycles. The number of fused-ring (bicyclic) bond motifs is 2. The van der Waals surface area contributed by atoms with E-state index in [-0.39, 0.29) is 24.0 Å². The molecule has 20 nitrogen and oxygen atoms in total. The van der Waals surface area contributed by atoms with Crippen LogP contribution in [0.1, 0.15) is 26.7 Å². The van der Waals surface area contributed by atoms with Gasteiger partial charge in [0.15, 0.2) is 18.9 Å². The molecule has 1 aliphatic carbocycles. The average molecular weight is 779 g/mol. The summed E-state index contributed by atoms with van der Waals surface area (Å²) >= 11 is 0. The largest absolute Gasteiger partial charge is 0.472 e. The molecule has 20 heteroatoms. The van der Waals surface area contributed by atoms with Gasteiger partial charge in [-0.05, 0) is 19.3 Å². The van der Waals surface area contributed by atoms with Crippen LogP contribution in [-0.2, 0) is 57.0 Å². The van der Waals surface area contributed by atoms with Gasteiger partial charge in [-0.25, -0.2) is 9.59 Å². The van der Waals surface area contributed by atoms with E-state index in [1.54, 1.807) is 13.8 Å². The van der Waals surface area contributed by atoms with Crippen LogP contribution in [0, 0.1) is 29.6 Å². The van der Waals surface area contributed by atoms with Gasteiger partial charge in [0, 0.05) is 24.2 Å². The van der Waals surface area contributed by atoms with Gasteiger partial charge in [0.25, 0.3) is 0 Å². The van der Waals surface area contributed by atoms with Crippen molar-refractivity contribution in [2.45, 2.75) is 119 Å². The molecule has 5 aliphatic heterocycles. The van der Waals surface area contributed by atoms with Gasteiger partial charge in [-0.3, -0.25) is 0 Å². The Labute approximate surface area is 309 Å². The summed E-state index contributed by atoms with van der Waals surface area (Å²) in [6.07, 6.45) is -18.1. The van der Waals surface area contributed by atoms with E-state index >= 15 is 0 Å². The van der Waals surface area contributed by atoms with Gasteiger partial charge in [0.2, 0.25) is 12.6 Å². The number of aliphatic hydroxyl groups excluding tert-OH is 8. The van der Waals surface area contributed by atoms with Crippen molar-refractivity contribution in [2.75, 3.05) is 27.4 Å². The Morgan fingerprint density at radius 3 is 1.70 bits per heavy atom. The summed E-state index contributed by atoms with van der Waals surface area (Å²) in [4.78, 5) is 25.2. The van der Waals surface area contributed by atoms with Crippen molar-refractivity contribution in [2.24, 2.45) is 29.6 Å². The first-order valence-corrected chi connectivity index (χ1v) is 17.8. The van der Waals surface area contributed by atoms with E-state index < -0.39 is 147 Å². The van der Waals surface area contributed by atoms with Gasteiger partial charge in [0.05, 0.1) is 69.2 Å². The fourth-order valence-corrected chi connectivity index (χ4v) is 8.29. The highest BCUT2D eigenvalue weighted by Crippen LogP contribution is 2.48. The molecule has 0 bridgehead atoms. The Balaban J connectivity index is 1.13. The molecule has 0 aromatic heterocycles. The zero-order valence-corrected chi connectivity index (χ0v) is 30.0. The molecule has 0 aromatic carbocycles. The Morgan fingerprint density at radius 2 is 1.17 bits per heavy atom. The summed E-state index contributed by atoms with van der Waals surface area (Å²) in [7, 11) is 2.42. The zero-order chi connectivity index (χ0) is 39.2. The third kappa shape index (κ3) is 7.75. The minimum Gasteiger partial charge on any atom is -0.472 e. The molecule has 20 unspecified atom stereocenters. The number of hydrogen-bond donors (Lipinski definition) is 8. The molecule has 8 N–H and O–H groups in total. The van der Waals surface area contributed by atoms with Gasteiger partial charge in [-0.2, -0.15) is 0 Å². The van der Waals surface area contributed by atoms with Crippen molar-refractivity contribution in [3.05, 3.63) is 23.7 Å². The van der Waals surface area contributed by atoms with Gasteiger partial charge < -0.3 is 88.2 Å². The Kier molecular flexibility index (Phi) is 12.9. The van der Waals surface area contributed by atoms with Crippen LogP contribution in [-0.4, -0.2) is 173 Å². The number of esters is 2. The van der Waals surface area contributed by atoms with Crippen LogP contribution in [0.4, 0.5) is 0 Å². The molecule has 0 spiro atoms. The molecule has 1 saturated carbocycles. The number of carbonyl (C=O) groups is 2. The second-order valence-electron chi connectivity index (χ2n) is 14.5. The van der Waals surface area contributed by atoms with Gasteiger partial charge in [-0.1, -0.05) is 6.92 Å². The van der Waals surface area contributed by atoms with Crippen molar-refractivity contribution in [3.8, 4) is 0 Å². The Hall–Kier alpha value is -2.54. The summed E-state index contributed by atoms with van der Waals surface area (Å²) in [6.45, 7) is 2.34. The summed E-state index contributed by atoms with van der Waals surface area (Å²) < 4.78 is 56.7. The molecular weight excluding hydrogens is 728 g/mol. The summed E-state index contributed by atoms with van der Waals surface area (Å²) in [5.41, 5.74) is 0.338. The van der Waals surface area contributed by atoms with E-state index in [0.717, 1.165) is 6.26 Å². The summed E-state index contributed by atoms with van der Waals surface area (Å²) in [5.74, 6) is -4.20. The Morgan fingerprint density at radius 1 is 0.667 bits per heavy atom. The third-order valence-corrected chi connectivity index (χ3v) is 11.4. The van der Waals surface area contributed by atoms with E-state index in [1.807, 2.05) is 0 Å². The van der Waals surface area contributed by atoms with E-state index in [2.05, 4.69) is 0 Å². The first-order valence-electron chi connectivity index (χ1n) is 17.8. The molecule has 3 saturated heterocycles. The lowest BCUT2D eigenvalue weighted by atomic mass is 9.77. The first kappa shape index (κ1) is 41.1. The van der Waals surface area contributed by atoms with Gasteiger partial charge in [-0.15, -0.1) is 0 Å². The highest BCUT2D eigenvalue weighted by atomic mass is 16.8. The lowest BCUT2D eigenvalue weighted by Gasteiger charge is -2.48.